The average molecular weight is 515 g/mol. The van der Waals surface area contributed by atoms with E-state index in [4.69, 9.17) is 0 Å². The van der Waals surface area contributed by atoms with Gasteiger partial charge in [0, 0.05) is 0 Å². The molecule has 1 heterocycles. The molecule has 0 N–H and O–H groups in total. The van der Waals surface area contributed by atoms with Gasteiger partial charge in [0.2, 0.25) is 0 Å². The SMILES string of the molecule is BrP(Cc1cccc(-c2ccsc2)c1)(c1ccccc1)(c1ccccc1)c1ccccc1. The first-order valence-electron chi connectivity index (χ1n) is 10.7. The molecule has 0 nitrogen and oxygen atoms in total. The molecule has 0 fully saturated rings. The van der Waals surface area contributed by atoms with Gasteiger partial charge in [0.05, 0.1) is 0 Å². The summed E-state index contributed by atoms with van der Waals surface area (Å²) in [5.41, 5.74) is 3.89. The molecule has 0 bridgehead atoms. The van der Waals surface area contributed by atoms with Crippen LogP contribution < -0.4 is 15.9 Å². The van der Waals surface area contributed by atoms with Crippen molar-refractivity contribution >= 4 is 48.0 Å². The van der Waals surface area contributed by atoms with Crippen LogP contribution in [0.1, 0.15) is 5.56 Å². The molecule has 0 saturated heterocycles. The summed E-state index contributed by atoms with van der Waals surface area (Å²) in [5, 5.41) is 5.42. The van der Waals surface area contributed by atoms with Crippen LogP contribution in [0, 0.1) is 0 Å². The monoisotopic (exact) mass is 514 g/mol. The molecule has 0 radical (unpaired) electrons. The molecule has 0 unspecified atom stereocenters. The first-order valence-corrected chi connectivity index (χ1v) is 16.1. The molecule has 5 rings (SSSR count). The maximum absolute atomic E-state index is 4.56. The predicted octanol–water partition coefficient (Wildman–Crippen LogP) is 7.75. The first kappa shape index (κ1) is 21.3. The van der Waals surface area contributed by atoms with Gasteiger partial charge in [0.25, 0.3) is 0 Å². The number of hydrogen-bond donors (Lipinski definition) is 0. The van der Waals surface area contributed by atoms with Crippen LogP contribution >= 0.6 is 32.1 Å². The summed E-state index contributed by atoms with van der Waals surface area (Å²) in [7, 11) is 0. The molecular weight excluding hydrogens is 491 g/mol. The number of rotatable bonds is 6. The normalized spacial score (nSPS) is 12.7. The minimum absolute atomic E-state index is 0.904. The number of thiophene rings is 1. The van der Waals surface area contributed by atoms with Crippen molar-refractivity contribution in [3.8, 4) is 11.1 Å². The Balaban J connectivity index is 1.79. The quantitative estimate of drug-likeness (QED) is 0.203. The van der Waals surface area contributed by atoms with Gasteiger partial charge in [-0.1, -0.05) is 0 Å². The van der Waals surface area contributed by atoms with Crippen LogP contribution in [0.4, 0.5) is 0 Å². The summed E-state index contributed by atoms with van der Waals surface area (Å²) in [4.78, 5) is 0. The van der Waals surface area contributed by atoms with E-state index < -0.39 is 5.31 Å². The first-order chi connectivity index (χ1) is 15.7. The molecule has 1 aromatic heterocycles. The number of benzene rings is 4. The van der Waals surface area contributed by atoms with Gasteiger partial charge in [0.1, 0.15) is 0 Å². The van der Waals surface area contributed by atoms with E-state index in [0.29, 0.717) is 0 Å². The van der Waals surface area contributed by atoms with Crippen LogP contribution in [-0.2, 0) is 6.16 Å². The fourth-order valence-corrected chi connectivity index (χ4v) is 12.9. The van der Waals surface area contributed by atoms with E-state index in [-0.39, 0.29) is 0 Å². The molecule has 0 amide bonds. The van der Waals surface area contributed by atoms with E-state index >= 15 is 0 Å². The van der Waals surface area contributed by atoms with Gasteiger partial charge in [-0.15, -0.1) is 0 Å². The van der Waals surface area contributed by atoms with E-state index in [2.05, 4.69) is 148 Å². The standard InChI is InChI=1S/C29H24BrPS/c30-31(27-13-4-1-5-14-27,28-15-6-2-7-16-28,29-17-8-3-9-18-29)22-24-11-10-12-25(21-24)26-19-20-32-23-26/h1-21,23H,22H2. The van der Waals surface area contributed by atoms with Crippen molar-refractivity contribution in [3.05, 3.63) is 138 Å². The zero-order valence-corrected chi connectivity index (χ0v) is 20.9. The molecule has 0 aliphatic carbocycles. The Morgan fingerprint density at radius 3 is 1.56 bits per heavy atom. The molecular formula is C29H24BrPS. The van der Waals surface area contributed by atoms with Crippen LogP contribution in [0.25, 0.3) is 11.1 Å². The van der Waals surface area contributed by atoms with Crippen molar-refractivity contribution in [1.82, 2.24) is 0 Å². The van der Waals surface area contributed by atoms with Crippen LogP contribution in [-0.4, -0.2) is 0 Å². The zero-order chi connectivity index (χ0) is 21.9. The van der Waals surface area contributed by atoms with Gasteiger partial charge in [0.15, 0.2) is 0 Å². The van der Waals surface area contributed by atoms with Gasteiger partial charge < -0.3 is 0 Å². The second-order valence-corrected chi connectivity index (χ2v) is 17.8. The minimum atomic E-state index is -2.98. The molecule has 5 aromatic rings. The molecule has 0 atom stereocenters. The second kappa shape index (κ2) is 8.79. The van der Waals surface area contributed by atoms with Gasteiger partial charge in [-0.05, 0) is 0 Å². The average Bonchev–Trinajstić information content (AvgIpc) is 3.41. The Bertz CT molecular complexity index is 1200. The summed E-state index contributed by atoms with van der Waals surface area (Å²) in [6.07, 6.45) is 0.904. The summed E-state index contributed by atoms with van der Waals surface area (Å²) < 4.78 is 0. The van der Waals surface area contributed by atoms with Crippen LogP contribution in [0.15, 0.2) is 132 Å². The topological polar surface area (TPSA) is 0 Å². The molecule has 158 valence electrons. The van der Waals surface area contributed by atoms with Gasteiger partial charge in [-0.3, -0.25) is 0 Å². The number of hydrogen-bond acceptors (Lipinski definition) is 1. The molecule has 3 heteroatoms. The Labute approximate surface area is 202 Å². The summed E-state index contributed by atoms with van der Waals surface area (Å²) >= 11 is 6.30. The van der Waals surface area contributed by atoms with Gasteiger partial charge >= 0.3 is 203 Å². The third-order valence-corrected chi connectivity index (χ3v) is 16.3. The third-order valence-electron chi connectivity index (χ3n) is 6.14. The molecule has 0 saturated carbocycles. The Hall–Kier alpha value is -2.51. The summed E-state index contributed by atoms with van der Waals surface area (Å²) in [6, 6.07) is 44.2. The zero-order valence-electron chi connectivity index (χ0n) is 17.6. The third kappa shape index (κ3) is 3.67. The van der Waals surface area contributed by atoms with Crippen molar-refractivity contribution in [2.75, 3.05) is 0 Å². The van der Waals surface area contributed by atoms with E-state index in [1.165, 1.54) is 32.6 Å². The van der Waals surface area contributed by atoms with Crippen molar-refractivity contribution in [1.29, 1.82) is 0 Å². The van der Waals surface area contributed by atoms with E-state index in [0.717, 1.165) is 6.16 Å². The van der Waals surface area contributed by atoms with Crippen molar-refractivity contribution in [3.63, 3.8) is 0 Å². The Morgan fingerprint density at radius 1 is 0.562 bits per heavy atom. The molecule has 0 aliphatic rings. The van der Waals surface area contributed by atoms with Gasteiger partial charge in [-0.25, -0.2) is 0 Å². The maximum atomic E-state index is 4.56. The Kier molecular flexibility index (Phi) is 5.86. The molecule has 0 aliphatic heterocycles. The van der Waals surface area contributed by atoms with Gasteiger partial charge in [-0.2, -0.15) is 0 Å². The van der Waals surface area contributed by atoms with Crippen molar-refractivity contribution < 1.29 is 0 Å². The van der Waals surface area contributed by atoms with Crippen LogP contribution in [0.2, 0.25) is 0 Å². The molecule has 32 heavy (non-hydrogen) atoms. The fraction of sp³-hybridized carbons (Fsp3) is 0.0345. The predicted molar refractivity (Wildman–Crippen MR) is 148 cm³/mol. The van der Waals surface area contributed by atoms with E-state index in [1.54, 1.807) is 11.3 Å². The summed E-state index contributed by atoms with van der Waals surface area (Å²) in [6.45, 7) is 0. The van der Waals surface area contributed by atoms with E-state index in [9.17, 15) is 0 Å². The molecule has 0 spiro atoms. The van der Waals surface area contributed by atoms with Crippen molar-refractivity contribution in [2.24, 2.45) is 0 Å². The molecule has 4 aromatic carbocycles. The number of halogens is 1. The Morgan fingerprint density at radius 2 is 1.09 bits per heavy atom. The van der Waals surface area contributed by atoms with E-state index in [1.807, 2.05) is 0 Å². The second-order valence-electron chi connectivity index (χ2n) is 8.06. The van der Waals surface area contributed by atoms with Crippen molar-refractivity contribution in [2.45, 2.75) is 6.16 Å². The van der Waals surface area contributed by atoms with Crippen LogP contribution in [0.3, 0.4) is 0 Å². The van der Waals surface area contributed by atoms with Crippen LogP contribution in [0.5, 0.6) is 0 Å². The fourth-order valence-electron chi connectivity index (χ4n) is 4.56. The summed E-state index contributed by atoms with van der Waals surface area (Å²) in [5.74, 6) is 0.